The first-order chi connectivity index (χ1) is 12.6. The summed E-state index contributed by atoms with van der Waals surface area (Å²) in [5.41, 5.74) is 4.53. The van der Waals surface area contributed by atoms with Crippen LogP contribution in [0.2, 0.25) is 0 Å². The first kappa shape index (κ1) is 17.2. The molecule has 1 aromatic heterocycles. The number of nitrogens with one attached hydrogen (secondary N) is 1. The van der Waals surface area contributed by atoms with Crippen LogP contribution in [0.4, 0.5) is 5.82 Å². The van der Waals surface area contributed by atoms with Crippen LogP contribution in [0.1, 0.15) is 53.4 Å². The Balaban J connectivity index is 1.69. The fourth-order valence-electron chi connectivity index (χ4n) is 3.90. The molecule has 0 saturated carbocycles. The number of amides is 1. The molecule has 3 heterocycles. The fraction of sp³-hybridized carbons (Fsp3) is 0.476. The van der Waals surface area contributed by atoms with Crippen LogP contribution in [0.25, 0.3) is 0 Å². The van der Waals surface area contributed by atoms with Gasteiger partial charge in [-0.15, -0.1) is 0 Å². The second kappa shape index (κ2) is 7.16. The first-order valence-electron chi connectivity index (χ1n) is 9.56. The molecule has 1 aromatic carbocycles. The first-order valence-corrected chi connectivity index (χ1v) is 9.56. The van der Waals surface area contributed by atoms with Crippen molar-refractivity contribution in [3.05, 3.63) is 52.5 Å². The molecule has 1 N–H and O–H groups in total. The van der Waals surface area contributed by atoms with E-state index in [-0.39, 0.29) is 5.91 Å². The van der Waals surface area contributed by atoms with Crippen LogP contribution in [0.15, 0.2) is 24.3 Å². The molecule has 0 unspecified atom stereocenters. The number of anilines is 1. The van der Waals surface area contributed by atoms with Gasteiger partial charge in [0.25, 0.3) is 0 Å². The molecule has 26 heavy (non-hydrogen) atoms. The minimum atomic E-state index is 0.160. The molecule has 136 valence electrons. The number of aromatic nitrogens is 2. The van der Waals surface area contributed by atoms with E-state index in [1.807, 2.05) is 4.90 Å². The third-order valence-electron chi connectivity index (χ3n) is 5.52. The zero-order valence-corrected chi connectivity index (χ0v) is 15.6. The summed E-state index contributed by atoms with van der Waals surface area (Å²) in [7, 11) is 0. The summed E-state index contributed by atoms with van der Waals surface area (Å²) in [6, 6.07) is 8.38. The summed E-state index contributed by atoms with van der Waals surface area (Å²) in [5.74, 6) is 2.29. The number of rotatable bonds is 3. The SMILES string of the molecule is Cc1ccc(CN2C(=O)CCc3c(C)nc(C4CCNCC4)nc32)cc1. The van der Waals surface area contributed by atoms with Gasteiger partial charge in [-0.1, -0.05) is 29.8 Å². The summed E-state index contributed by atoms with van der Waals surface area (Å²) >= 11 is 0. The van der Waals surface area contributed by atoms with Gasteiger partial charge < -0.3 is 5.32 Å². The minimum absolute atomic E-state index is 0.160. The highest BCUT2D eigenvalue weighted by Gasteiger charge is 2.29. The van der Waals surface area contributed by atoms with Gasteiger partial charge in [0.2, 0.25) is 5.91 Å². The molecule has 0 spiro atoms. The van der Waals surface area contributed by atoms with Crippen molar-refractivity contribution >= 4 is 11.7 Å². The number of aryl methyl sites for hydroxylation is 2. The maximum absolute atomic E-state index is 12.7. The maximum Gasteiger partial charge on any atom is 0.228 e. The number of piperidine rings is 1. The zero-order chi connectivity index (χ0) is 18.1. The molecule has 1 saturated heterocycles. The van der Waals surface area contributed by atoms with Crippen molar-refractivity contribution in [3.63, 3.8) is 0 Å². The Labute approximate surface area is 154 Å². The average molecular weight is 350 g/mol. The number of hydrogen-bond acceptors (Lipinski definition) is 4. The van der Waals surface area contributed by atoms with Gasteiger partial charge in [-0.3, -0.25) is 9.69 Å². The molecule has 0 bridgehead atoms. The van der Waals surface area contributed by atoms with E-state index in [9.17, 15) is 4.79 Å². The Morgan fingerprint density at radius 1 is 1.08 bits per heavy atom. The van der Waals surface area contributed by atoms with Crippen LogP contribution in [0.5, 0.6) is 0 Å². The predicted octanol–water partition coefficient (Wildman–Crippen LogP) is 3.04. The van der Waals surface area contributed by atoms with Gasteiger partial charge in [0.15, 0.2) is 0 Å². The largest absolute Gasteiger partial charge is 0.317 e. The van der Waals surface area contributed by atoms with Crippen LogP contribution in [0.3, 0.4) is 0 Å². The monoisotopic (exact) mass is 350 g/mol. The number of carbonyl (C=O) groups excluding carboxylic acids is 1. The Morgan fingerprint density at radius 2 is 1.81 bits per heavy atom. The summed E-state index contributed by atoms with van der Waals surface area (Å²) in [6.07, 6.45) is 3.40. The van der Waals surface area contributed by atoms with Crippen LogP contribution in [-0.2, 0) is 17.8 Å². The Hall–Kier alpha value is -2.27. The lowest BCUT2D eigenvalue weighted by molar-refractivity contribution is -0.119. The van der Waals surface area contributed by atoms with Crippen molar-refractivity contribution < 1.29 is 4.79 Å². The lowest BCUT2D eigenvalue weighted by Crippen LogP contribution is -2.37. The second-order valence-corrected chi connectivity index (χ2v) is 7.46. The summed E-state index contributed by atoms with van der Waals surface area (Å²) in [4.78, 5) is 24.3. The molecule has 0 atom stereocenters. The van der Waals surface area contributed by atoms with Crippen LogP contribution in [0, 0.1) is 13.8 Å². The Bertz CT molecular complexity index is 810. The van der Waals surface area contributed by atoms with Gasteiger partial charge in [0.1, 0.15) is 11.6 Å². The van der Waals surface area contributed by atoms with Gasteiger partial charge in [0.05, 0.1) is 6.54 Å². The highest BCUT2D eigenvalue weighted by atomic mass is 16.2. The van der Waals surface area contributed by atoms with Gasteiger partial charge in [0, 0.05) is 23.6 Å². The van der Waals surface area contributed by atoms with Crippen molar-refractivity contribution in [1.82, 2.24) is 15.3 Å². The van der Waals surface area contributed by atoms with E-state index in [0.717, 1.165) is 60.8 Å². The number of fused-ring (bicyclic) bond motifs is 1. The van der Waals surface area contributed by atoms with Crippen LogP contribution in [-0.4, -0.2) is 29.0 Å². The molecule has 1 fully saturated rings. The normalized spacial score (nSPS) is 18.1. The second-order valence-electron chi connectivity index (χ2n) is 7.46. The number of carbonyl (C=O) groups is 1. The molecule has 1 amide bonds. The molecule has 4 rings (SSSR count). The smallest absolute Gasteiger partial charge is 0.228 e. The molecule has 5 nitrogen and oxygen atoms in total. The van der Waals surface area contributed by atoms with E-state index < -0.39 is 0 Å². The quantitative estimate of drug-likeness (QED) is 0.924. The molecule has 5 heteroatoms. The van der Waals surface area contributed by atoms with E-state index in [1.54, 1.807) is 0 Å². The van der Waals surface area contributed by atoms with E-state index in [4.69, 9.17) is 9.97 Å². The molecular weight excluding hydrogens is 324 g/mol. The van der Waals surface area contributed by atoms with Gasteiger partial charge in [-0.2, -0.15) is 0 Å². The third-order valence-corrected chi connectivity index (χ3v) is 5.52. The molecular formula is C21H26N4O. The molecule has 2 aromatic rings. The van der Waals surface area contributed by atoms with Crippen LogP contribution < -0.4 is 10.2 Å². The predicted molar refractivity (Wildman–Crippen MR) is 102 cm³/mol. The van der Waals surface area contributed by atoms with Gasteiger partial charge in [-0.25, -0.2) is 9.97 Å². The average Bonchev–Trinajstić information content (AvgIpc) is 2.66. The zero-order valence-electron chi connectivity index (χ0n) is 15.6. The highest BCUT2D eigenvalue weighted by Crippen LogP contribution is 2.32. The van der Waals surface area contributed by atoms with Crippen molar-refractivity contribution in [2.45, 2.75) is 52.0 Å². The topological polar surface area (TPSA) is 58.1 Å². The van der Waals surface area contributed by atoms with Gasteiger partial charge in [-0.05, 0) is 51.8 Å². The highest BCUT2D eigenvalue weighted by molar-refractivity contribution is 5.95. The lowest BCUT2D eigenvalue weighted by atomic mass is 9.96. The number of hydrogen-bond donors (Lipinski definition) is 1. The van der Waals surface area contributed by atoms with E-state index >= 15 is 0 Å². The summed E-state index contributed by atoms with van der Waals surface area (Å²) < 4.78 is 0. The van der Waals surface area contributed by atoms with Crippen molar-refractivity contribution in [3.8, 4) is 0 Å². The summed E-state index contributed by atoms with van der Waals surface area (Å²) in [5, 5.41) is 3.39. The van der Waals surface area contributed by atoms with Crippen molar-refractivity contribution in [2.75, 3.05) is 18.0 Å². The van der Waals surface area contributed by atoms with E-state index in [0.29, 0.717) is 18.9 Å². The van der Waals surface area contributed by atoms with Crippen molar-refractivity contribution in [2.24, 2.45) is 0 Å². The van der Waals surface area contributed by atoms with E-state index in [2.05, 4.69) is 43.4 Å². The Morgan fingerprint density at radius 3 is 2.54 bits per heavy atom. The standard InChI is InChI=1S/C21H26N4O/c1-14-3-5-16(6-4-14)13-25-19(26)8-7-18-15(2)23-20(24-21(18)25)17-9-11-22-12-10-17/h3-6,17,22H,7-13H2,1-2H3. The maximum atomic E-state index is 12.7. The van der Waals surface area contributed by atoms with E-state index in [1.165, 1.54) is 5.56 Å². The fourth-order valence-corrected chi connectivity index (χ4v) is 3.90. The third kappa shape index (κ3) is 3.36. The lowest BCUT2D eigenvalue weighted by Gasteiger charge is -2.31. The van der Waals surface area contributed by atoms with Gasteiger partial charge >= 0.3 is 0 Å². The van der Waals surface area contributed by atoms with Crippen molar-refractivity contribution in [1.29, 1.82) is 0 Å². The number of benzene rings is 1. The molecule has 0 aliphatic carbocycles. The minimum Gasteiger partial charge on any atom is -0.317 e. The molecule has 2 aliphatic heterocycles. The molecule has 2 aliphatic rings. The molecule has 0 radical (unpaired) electrons. The summed E-state index contributed by atoms with van der Waals surface area (Å²) in [6.45, 7) is 6.73. The van der Waals surface area contributed by atoms with Crippen LogP contribution >= 0.6 is 0 Å². The number of nitrogens with zero attached hydrogens (tertiary/aromatic N) is 3. The Kier molecular flexibility index (Phi) is 4.72.